The van der Waals surface area contributed by atoms with Crippen LogP contribution >= 0.6 is 0 Å². The van der Waals surface area contributed by atoms with Crippen LogP contribution in [0.4, 0.5) is 0 Å². The first-order chi connectivity index (χ1) is 12.3. The molecule has 2 bridgehead atoms. The van der Waals surface area contributed by atoms with E-state index in [0.29, 0.717) is 25.9 Å². The number of carbonyl (C=O) groups is 2. The Morgan fingerprint density at radius 1 is 1.27 bits per heavy atom. The summed E-state index contributed by atoms with van der Waals surface area (Å²) in [4.78, 5) is 24.9. The first-order valence-electron chi connectivity index (χ1n) is 9.47. The van der Waals surface area contributed by atoms with Crippen molar-refractivity contribution in [1.82, 2.24) is 0 Å². The van der Waals surface area contributed by atoms with Gasteiger partial charge in [0, 0.05) is 22.8 Å². The SMILES string of the molecule is C[C@]12C(=O)O[C@@H]3C[C@H]4C5=C(CC[C@H]4[C@]4(CO[C@@]1(O)[C@@H](O)C4)[C@@H]32)C(=O)CO5. The minimum absolute atomic E-state index is 0.00157. The zero-order chi connectivity index (χ0) is 18.1. The van der Waals surface area contributed by atoms with Crippen molar-refractivity contribution in [2.75, 3.05) is 13.2 Å². The fraction of sp³-hybridized carbons (Fsp3) is 0.789. The van der Waals surface area contributed by atoms with Crippen LogP contribution in [0.15, 0.2) is 11.3 Å². The van der Waals surface area contributed by atoms with Crippen molar-refractivity contribution in [3.05, 3.63) is 11.3 Å². The zero-order valence-electron chi connectivity index (χ0n) is 14.6. The van der Waals surface area contributed by atoms with Gasteiger partial charge >= 0.3 is 5.97 Å². The summed E-state index contributed by atoms with van der Waals surface area (Å²) >= 11 is 0. The van der Waals surface area contributed by atoms with Crippen molar-refractivity contribution in [2.24, 2.45) is 28.6 Å². The molecule has 0 aromatic carbocycles. The average Bonchev–Trinajstić information content (AvgIpc) is 3.11. The van der Waals surface area contributed by atoms with E-state index in [9.17, 15) is 19.8 Å². The first-order valence-corrected chi connectivity index (χ1v) is 9.47. The molecule has 0 aromatic rings. The van der Waals surface area contributed by atoms with Crippen LogP contribution in [-0.4, -0.2) is 53.2 Å². The molecule has 5 fully saturated rings. The molecule has 1 spiro atoms. The van der Waals surface area contributed by atoms with Crippen LogP contribution in [0.3, 0.4) is 0 Å². The Morgan fingerprint density at radius 3 is 2.85 bits per heavy atom. The van der Waals surface area contributed by atoms with Crippen LogP contribution in [-0.2, 0) is 23.8 Å². The minimum Gasteiger partial charge on any atom is -0.489 e. The summed E-state index contributed by atoms with van der Waals surface area (Å²) < 4.78 is 17.3. The van der Waals surface area contributed by atoms with Crippen molar-refractivity contribution < 1.29 is 34.0 Å². The van der Waals surface area contributed by atoms with E-state index >= 15 is 0 Å². The lowest BCUT2D eigenvalue weighted by atomic mass is 9.41. The largest absolute Gasteiger partial charge is 0.489 e. The monoisotopic (exact) mass is 362 g/mol. The molecule has 0 amide bonds. The van der Waals surface area contributed by atoms with Gasteiger partial charge in [-0.05, 0) is 38.5 Å². The number of aliphatic hydroxyl groups excluding tert-OH is 1. The van der Waals surface area contributed by atoms with Crippen LogP contribution < -0.4 is 0 Å². The van der Waals surface area contributed by atoms with E-state index in [1.807, 2.05) is 0 Å². The summed E-state index contributed by atoms with van der Waals surface area (Å²) in [5.74, 6) is -1.60. The quantitative estimate of drug-likeness (QED) is 0.597. The van der Waals surface area contributed by atoms with Gasteiger partial charge in [0.05, 0.1) is 6.61 Å². The highest BCUT2D eigenvalue weighted by molar-refractivity contribution is 5.99. The third kappa shape index (κ3) is 1.37. The second-order valence-corrected chi connectivity index (χ2v) is 9.10. The number of hydrogen-bond donors (Lipinski definition) is 2. The number of fused-ring (bicyclic) bond motifs is 4. The number of rotatable bonds is 0. The van der Waals surface area contributed by atoms with Crippen molar-refractivity contribution in [2.45, 2.75) is 50.6 Å². The predicted octanol–water partition coefficient (Wildman–Crippen LogP) is 0.287. The highest BCUT2D eigenvalue weighted by Gasteiger charge is 2.82. The molecule has 26 heavy (non-hydrogen) atoms. The summed E-state index contributed by atoms with van der Waals surface area (Å²) in [6, 6.07) is 0. The fourth-order valence-corrected chi connectivity index (χ4v) is 7.37. The topological polar surface area (TPSA) is 102 Å². The number of aliphatic hydroxyl groups is 2. The highest BCUT2D eigenvalue weighted by Crippen LogP contribution is 2.73. The van der Waals surface area contributed by atoms with Gasteiger partial charge in [0.2, 0.25) is 5.79 Å². The van der Waals surface area contributed by atoms with E-state index in [1.54, 1.807) is 6.92 Å². The fourth-order valence-electron chi connectivity index (χ4n) is 7.37. The lowest BCUT2D eigenvalue weighted by molar-refractivity contribution is -0.409. The van der Waals surface area contributed by atoms with Gasteiger partial charge in [-0.3, -0.25) is 9.59 Å². The molecule has 0 aromatic heterocycles. The maximum atomic E-state index is 12.8. The Hall–Kier alpha value is -1.44. The molecule has 8 atom stereocenters. The van der Waals surface area contributed by atoms with E-state index < -0.39 is 28.7 Å². The van der Waals surface area contributed by atoms with Gasteiger partial charge in [-0.2, -0.15) is 0 Å². The van der Waals surface area contributed by atoms with E-state index in [1.165, 1.54) is 0 Å². The normalized spacial score (nSPS) is 56.7. The summed E-state index contributed by atoms with van der Waals surface area (Å²) in [5.41, 5.74) is -0.927. The third-order valence-corrected chi connectivity index (χ3v) is 8.37. The lowest BCUT2D eigenvalue weighted by Gasteiger charge is -2.67. The van der Waals surface area contributed by atoms with E-state index in [-0.39, 0.29) is 36.2 Å². The van der Waals surface area contributed by atoms with Gasteiger partial charge < -0.3 is 24.4 Å². The number of hydrogen-bond acceptors (Lipinski definition) is 7. The van der Waals surface area contributed by atoms with Gasteiger partial charge in [0.15, 0.2) is 12.4 Å². The Morgan fingerprint density at radius 2 is 2.08 bits per heavy atom. The minimum atomic E-state index is -1.89. The van der Waals surface area contributed by atoms with Crippen molar-refractivity contribution in [3.8, 4) is 0 Å². The molecule has 2 N–H and O–H groups in total. The van der Waals surface area contributed by atoms with Crippen LogP contribution in [0.25, 0.3) is 0 Å². The molecule has 0 radical (unpaired) electrons. The van der Waals surface area contributed by atoms with E-state index in [2.05, 4.69) is 0 Å². The van der Waals surface area contributed by atoms with Crippen LogP contribution in [0.5, 0.6) is 0 Å². The average molecular weight is 362 g/mol. The molecule has 7 heteroatoms. The summed E-state index contributed by atoms with van der Waals surface area (Å²) in [6.07, 6.45) is 0.985. The summed E-state index contributed by atoms with van der Waals surface area (Å²) in [6.45, 7) is 2.08. The zero-order valence-corrected chi connectivity index (χ0v) is 14.6. The van der Waals surface area contributed by atoms with Gasteiger partial charge in [0.25, 0.3) is 0 Å². The van der Waals surface area contributed by atoms with Crippen LogP contribution in [0.1, 0.15) is 32.6 Å². The molecule has 4 aliphatic heterocycles. The van der Waals surface area contributed by atoms with Gasteiger partial charge in [-0.1, -0.05) is 0 Å². The molecule has 7 rings (SSSR count). The Bertz CT molecular complexity index is 789. The highest BCUT2D eigenvalue weighted by atomic mass is 16.7. The maximum absolute atomic E-state index is 12.8. The van der Waals surface area contributed by atoms with Gasteiger partial charge in [-0.15, -0.1) is 0 Å². The molecule has 7 aliphatic rings. The maximum Gasteiger partial charge on any atom is 0.318 e. The number of ketones is 1. The molecule has 7 nitrogen and oxygen atoms in total. The second-order valence-electron chi connectivity index (χ2n) is 9.10. The number of carbonyl (C=O) groups excluding carboxylic acids is 2. The van der Waals surface area contributed by atoms with Crippen molar-refractivity contribution >= 4 is 11.8 Å². The second kappa shape index (κ2) is 4.34. The van der Waals surface area contributed by atoms with E-state index in [4.69, 9.17) is 14.2 Å². The van der Waals surface area contributed by atoms with Gasteiger partial charge in [-0.25, -0.2) is 0 Å². The molecule has 140 valence electrons. The molecule has 4 heterocycles. The predicted molar refractivity (Wildman–Crippen MR) is 84.3 cm³/mol. The number of ether oxygens (including phenoxy) is 3. The smallest absolute Gasteiger partial charge is 0.318 e. The lowest BCUT2D eigenvalue weighted by Crippen LogP contribution is -2.77. The standard InChI is InChI=1S/C19H22O7/c1-17-15-12(26-16(17)22)4-9-10(3-2-8-11(20)6-24-14(8)9)18(15)5-13(21)19(17,23)25-7-18/h9-10,12-13,15,21,23H,2-7H2,1H3/t9-,10-,12-,13+,15+,17+,18+,19+/m1/s1. The Labute approximate surface area is 150 Å². The molecule has 2 saturated carbocycles. The molecule has 3 saturated heterocycles. The van der Waals surface area contributed by atoms with Crippen molar-refractivity contribution in [1.29, 1.82) is 0 Å². The first kappa shape index (κ1) is 15.6. The van der Waals surface area contributed by atoms with Gasteiger partial charge in [0.1, 0.15) is 23.4 Å². The van der Waals surface area contributed by atoms with Crippen molar-refractivity contribution in [3.63, 3.8) is 0 Å². The van der Waals surface area contributed by atoms with Crippen LogP contribution in [0, 0.1) is 28.6 Å². The molecule has 3 aliphatic carbocycles. The third-order valence-electron chi connectivity index (χ3n) is 8.37. The summed E-state index contributed by atoms with van der Waals surface area (Å²) in [7, 11) is 0. The number of allylic oxidation sites excluding steroid dienone is 1. The number of Topliss-reactive ketones (excluding diaryl/α,β-unsaturated/α-hetero) is 1. The molecular formula is C19H22O7. The van der Waals surface area contributed by atoms with Crippen LogP contribution in [0.2, 0.25) is 0 Å². The molecular weight excluding hydrogens is 340 g/mol. The number of esters is 1. The Kier molecular flexibility index (Phi) is 2.60. The summed E-state index contributed by atoms with van der Waals surface area (Å²) in [5, 5.41) is 21.8. The van der Waals surface area contributed by atoms with E-state index in [0.717, 1.165) is 17.8 Å². The molecule has 0 unspecified atom stereocenters. The Balaban J connectivity index is 1.54.